The summed E-state index contributed by atoms with van der Waals surface area (Å²) in [5, 5.41) is 3.76. The van der Waals surface area contributed by atoms with Crippen molar-refractivity contribution in [1.29, 1.82) is 0 Å². The van der Waals surface area contributed by atoms with Crippen molar-refractivity contribution in [3.05, 3.63) is 235 Å². The van der Waals surface area contributed by atoms with Gasteiger partial charge in [0.05, 0.1) is 16.2 Å². The maximum atomic E-state index is 2.41. The maximum absolute atomic E-state index is 2.41. The van der Waals surface area contributed by atoms with E-state index in [4.69, 9.17) is 0 Å². The number of aromatic nitrogens is 3. The molecule has 0 saturated heterocycles. The van der Waals surface area contributed by atoms with E-state index in [9.17, 15) is 0 Å². The van der Waals surface area contributed by atoms with Gasteiger partial charge in [-0.1, -0.05) is 127 Å². The second-order valence-corrected chi connectivity index (χ2v) is 14.9. The topological polar surface area (TPSA) is 11.6 Å². The Bertz CT molecular complexity index is 2690. The monoisotopic (exact) mass is 732 g/mol. The fourth-order valence-electron chi connectivity index (χ4n) is 8.58. The molecular formula is C54H42N3+3. The fraction of sp³-hybridized carbons (Fsp3) is 0.0556. The van der Waals surface area contributed by atoms with E-state index >= 15 is 0 Å². The van der Waals surface area contributed by atoms with Gasteiger partial charge < -0.3 is 0 Å². The average molecular weight is 733 g/mol. The third-order valence-electron chi connectivity index (χ3n) is 11.2. The first-order valence-corrected chi connectivity index (χ1v) is 19.8. The van der Waals surface area contributed by atoms with Crippen molar-refractivity contribution in [3.63, 3.8) is 0 Å². The predicted molar refractivity (Wildman–Crippen MR) is 232 cm³/mol. The number of benzene rings is 7. The summed E-state index contributed by atoms with van der Waals surface area (Å²) in [5.74, 6) is 0. The summed E-state index contributed by atoms with van der Waals surface area (Å²) in [6.07, 6.45) is 6.77. The van der Waals surface area contributed by atoms with Gasteiger partial charge in [-0.25, -0.2) is 0 Å². The van der Waals surface area contributed by atoms with Crippen LogP contribution in [0.5, 0.6) is 0 Å². The third-order valence-corrected chi connectivity index (χ3v) is 11.2. The molecule has 57 heavy (non-hydrogen) atoms. The van der Waals surface area contributed by atoms with E-state index in [1.54, 1.807) is 0 Å². The van der Waals surface area contributed by atoms with Crippen LogP contribution in [-0.2, 0) is 19.6 Å². The lowest BCUT2D eigenvalue weighted by molar-refractivity contribution is -0.664. The molecule has 0 aliphatic rings. The summed E-state index contributed by atoms with van der Waals surface area (Å²) in [7, 11) is 0. The highest BCUT2D eigenvalue weighted by molar-refractivity contribution is 5.94. The van der Waals surface area contributed by atoms with Gasteiger partial charge in [-0.05, 0) is 53.1 Å². The van der Waals surface area contributed by atoms with Crippen molar-refractivity contribution in [1.82, 2.24) is 0 Å². The average Bonchev–Trinajstić information content (AvgIpc) is 3.27. The number of nitrogens with zero attached hydrogens (tertiary/aromatic N) is 3. The SMILES string of the molecule is c1ccc(-c2cc[n+](Cc3cc(C[n+]4ccc(-c5ccccc5)c5ccccc54)cc(C[n+]4ccc(-c5ccccc5)c5ccccc54)c3)c3ccccc23)cc1. The molecule has 0 unspecified atom stereocenters. The van der Waals surface area contributed by atoms with Crippen LogP contribution in [0.2, 0.25) is 0 Å². The normalized spacial score (nSPS) is 11.4. The quantitative estimate of drug-likeness (QED) is 0.131. The summed E-state index contributed by atoms with van der Waals surface area (Å²) in [4.78, 5) is 0. The molecule has 0 aliphatic heterocycles. The van der Waals surface area contributed by atoms with Crippen LogP contribution in [0, 0.1) is 0 Å². The zero-order valence-corrected chi connectivity index (χ0v) is 31.7. The number of fused-ring (bicyclic) bond motifs is 3. The zero-order chi connectivity index (χ0) is 38.0. The molecule has 0 fully saturated rings. The molecular weight excluding hydrogens is 691 g/mol. The highest BCUT2D eigenvalue weighted by Crippen LogP contribution is 2.29. The smallest absolute Gasteiger partial charge is 0.194 e. The van der Waals surface area contributed by atoms with Crippen LogP contribution >= 0.6 is 0 Å². The van der Waals surface area contributed by atoms with E-state index in [-0.39, 0.29) is 0 Å². The molecule has 3 heteroatoms. The van der Waals surface area contributed by atoms with Gasteiger partial charge in [-0.15, -0.1) is 0 Å². The van der Waals surface area contributed by atoms with Gasteiger partial charge in [0.15, 0.2) is 38.2 Å². The first-order valence-electron chi connectivity index (χ1n) is 19.8. The Kier molecular flexibility index (Phi) is 9.10. The molecule has 0 bridgehead atoms. The Morgan fingerprint density at radius 1 is 0.263 bits per heavy atom. The molecule has 7 aromatic carbocycles. The first kappa shape index (κ1) is 34.3. The molecule has 3 nitrogen and oxygen atoms in total. The van der Waals surface area contributed by atoms with Crippen LogP contribution in [0.4, 0.5) is 0 Å². The van der Waals surface area contributed by atoms with Crippen molar-refractivity contribution in [2.45, 2.75) is 19.6 Å². The van der Waals surface area contributed by atoms with Gasteiger partial charge in [-0.3, -0.25) is 0 Å². The van der Waals surface area contributed by atoms with E-state index in [1.165, 1.54) is 82.8 Å². The summed E-state index contributed by atoms with van der Waals surface area (Å²) in [6.45, 7) is 2.27. The van der Waals surface area contributed by atoms with Gasteiger partial charge >= 0.3 is 0 Å². The van der Waals surface area contributed by atoms with Crippen LogP contribution in [0.1, 0.15) is 16.7 Å². The Morgan fingerprint density at radius 3 is 0.825 bits per heavy atom. The molecule has 0 N–H and O–H groups in total. The number of hydrogen-bond donors (Lipinski definition) is 0. The Labute approximate surface area is 333 Å². The molecule has 0 amide bonds. The molecule has 0 atom stereocenters. The minimum absolute atomic E-state index is 0.757. The van der Waals surface area contributed by atoms with Crippen molar-refractivity contribution in [2.24, 2.45) is 0 Å². The standard InChI is InChI=1S/C54H42N3/c1-4-16-43(17-5-1)46-28-31-55(52-25-13-10-22-49(46)52)37-40-34-41(38-56-32-29-47(44-18-6-2-7-19-44)50-23-11-14-26-53(50)56)36-42(35-40)39-57-33-30-48(45-20-8-3-9-21-45)51-24-12-15-27-54(51)57/h1-36H,37-39H2/q+3. The van der Waals surface area contributed by atoms with E-state index in [0.717, 1.165) is 19.6 Å². The molecule has 3 aromatic heterocycles. The van der Waals surface area contributed by atoms with Crippen molar-refractivity contribution >= 4 is 32.7 Å². The first-order chi connectivity index (χ1) is 28.2. The molecule has 10 rings (SSSR count). The minimum Gasteiger partial charge on any atom is -0.194 e. The summed E-state index contributed by atoms with van der Waals surface area (Å²) in [6, 6.07) is 72.5. The Balaban J connectivity index is 1.08. The second kappa shape index (κ2) is 15.1. The lowest BCUT2D eigenvalue weighted by atomic mass is 9.99. The van der Waals surface area contributed by atoms with Gasteiger partial charge in [0.1, 0.15) is 0 Å². The van der Waals surface area contributed by atoms with E-state index in [2.05, 4.69) is 232 Å². The van der Waals surface area contributed by atoms with Gasteiger partial charge in [-0.2, -0.15) is 13.7 Å². The lowest BCUT2D eigenvalue weighted by Gasteiger charge is -2.11. The van der Waals surface area contributed by atoms with Crippen molar-refractivity contribution in [3.8, 4) is 33.4 Å². The predicted octanol–water partition coefficient (Wildman–Crippen LogP) is 11.2. The molecule has 0 radical (unpaired) electrons. The second-order valence-electron chi connectivity index (χ2n) is 14.9. The van der Waals surface area contributed by atoms with Gasteiger partial charge in [0.2, 0.25) is 16.6 Å². The van der Waals surface area contributed by atoms with E-state index < -0.39 is 0 Å². The highest BCUT2D eigenvalue weighted by atomic mass is 15.0. The molecule has 270 valence electrons. The molecule has 0 saturated carbocycles. The molecule has 0 spiro atoms. The lowest BCUT2D eigenvalue weighted by Crippen LogP contribution is -2.37. The largest absolute Gasteiger partial charge is 0.213 e. The van der Waals surface area contributed by atoms with Crippen LogP contribution in [0.3, 0.4) is 0 Å². The Hall–Kier alpha value is -7.23. The van der Waals surface area contributed by atoms with Gasteiger partial charge in [0.25, 0.3) is 0 Å². The fourth-order valence-corrected chi connectivity index (χ4v) is 8.58. The number of hydrogen-bond acceptors (Lipinski definition) is 0. The van der Waals surface area contributed by atoms with Crippen LogP contribution in [0.15, 0.2) is 219 Å². The number of para-hydroxylation sites is 3. The summed E-state index contributed by atoms with van der Waals surface area (Å²) in [5.41, 5.74) is 15.0. The molecule has 3 heterocycles. The summed E-state index contributed by atoms with van der Waals surface area (Å²) >= 11 is 0. The molecule has 10 aromatic rings. The van der Waals surface area contributed by atoms with E-state index in [1.807, 2.05) is 0 Å². The van der Waals surface area contributed by atoms with Crippen molar-refractivity contribution in [2.75, 3.05) is 0 Å². The molecule has 0 aliphatic carbocycles. The van der Waals surface area contributed by atoms with Crippen LogP contribution < -0.4 is 13.7 Å². The number of pyridine rings is 3. The van der Waals surface area contributed by atoms with Crippen LogP contribution in [-0.4, -0.2) is 0 Å². The summed E-state index contributed by atoms with van der Waals surface area (Å²) < 4.78 is 7.21. The van der Waals surface area contributed by atoms with Crippen LogP contribution in [0.25, 0.3) is 66.1 Å². The maximum Gasteiger partial charge on any atom is 0.213 e. The van der Waals surface area contributed by atoms with E-state index in [0.29, 0.717) is 0 Å². The zero-order valence-electron chi connectivity index (χ0n) is 31.7. The highest BCUT2D eigenvalue weighted by Gasteiger charge is 2.20. The minimum atomic E-state index is 0.757. The third kappa shape index (κ3) is 6.85. The number of rotatable bonds is 9. The van der Waals surface area contributed by atoms with Gasteiger partial charge in [0, 0.05) is 69.8 Å². The Morgan fingerprint density at radius 2 is 0.526 bits per heavy atom. The van der Waals surface area contributed by atoms with Crippen molar-refractivity contribution < 1.29 is 13.7 Å².